The quantitative estimate of drug-likeness (QED) is 0.791. The summed E-state index contributed by atoms with van der Waals surface area (Å²) in [5.74, 6) is 0.0481. The lowest BCUT2D eigenvalue weighted by Gasteiger charge is -2.18. The van der Waals surface area contributed by atoms with E-state index in [1.54, 1.807) is 0 Å². The maximum absolute atomic E-state index is 11.9. The molecule has 2 atom stereocenters. The second-order valence-corrected chi connectivity index (χ2v) is 5.13. The summed E-state index contributed by atoms with van der Waals surface area (Å²) in [6, 6.07) is 8.32. The van der Waals surface area contributed by atoms with Crippen molar-refractivity contribution in [3.8, 4) is 0 Å². The summed E-state index contributed by atoms with van der Waals surface area (Å²) in [6.07, 6.45) is 3.20. The van der Waals surface area contributed by atoms with E-state index in [0.29, 0.717) is 0 Å². The highest BCUT2D eigenvalue weighted by Crippen LogP contribution is 2.12. The predicted molar refractivity (Wildman–Crippen MR) is 81.4 cm³/mol. The third-order valence-corrected chi connectivity index (χ3v) is 3.27. The highest BCUT2D eigenvalue weighted by Gasteiger charge is 2.13. The average Bonchev–Trinajstić information content (AvgIpc) is 2.41. The fraction of sp³-hybridized carbons (Fsp3) is 0.562. The summed E-state index contributed by atoms with van der Waals surface area (Å²) in [5.41, 5.74) is 2.33. The third kappa shape index (κ3) is 5.33. The van der Waals surface area contributed by atoms with Crippen LogP contribution in [0.5, 0.6) is 0 Å². The molecule has 1 aromatic rings. The molecule has 1 amide bonds. The maximum atomic E-state index is 11.9. The van der Waals surface area contributed by atoms with Crippen molar-refractivity contribution in [1.29, 1.82) is 0 Å². The van der Waals surface area contributed by atoms with Crippen LogP contribution in [0.2, 0.25) is 0 Å². The predicted octanol–water partition coefficient (Wildman–Crippen LogP) is 3.35. The first-order valence-corrected chi connectivity index (χ1v) is 7.22. The summed E-state index contributed by atoms with van der Waals surface area (Å²) >= 11 is 0. The number of aryl methyl sites for hydroxylation is 1. The van der Waals surface area contributed by atoms with Crippen LogP contribution < -0.4 is 10.6 Å². The van der Waals surface area contributed by atoms with Crippen molar-refractivity contribution in [2.45, 2.75) is 59.0 Å². The molecule has 0 spiro atoms. The van der Waals surface area contributed by atoms with Gasteiger partial charge in [0.1, 0.15) is 6.04 Å². The molecule has 106 valence electrons. The van der Waals surface area contributed by atoms with Gasteiger partial charge in [-0.25, -0.2) is 0 Å². The molecule has 0 heterocycles. The van der Waals surface area contributed by atoms with Gasteiger partial charge in [0.15, 0.2) is 0 Å². The van der Waals surface area contributed by atoms with Crippen molar-refractivity contribution in [1.82, 2.24) is 5.32 Å². The Labute approximate surface area is 116 Å². The number of carbonyl (C=O) groups excluding carboxylic acids is 1. The zero-order valence-corrected chi connectivity index (χ0v) is 12.5. The zero-order valence-electron chi connectivity index (χ0n) is 12.5. The van der Waals surface area contributed by atoms with E-state index in [1.807, 2.05) is 26.0 Å². The number of hydrogen-bond donors (Lipinski definition) is 2. The van der Waals surface area contributed by atoms with Crippen LogP contribution in [0.3, 0.4) is 0 Å². The molecular formula is C16H26N2O. The first kappa shape index (κ1) is 15.5. The summed E-state index contributed by atoms with van der Waals surface area (Å²) in [6.45, 7) is 8.14. The van der Waals surface area contributed by atoms with Gasteiger partial charge >= 0.3 is 0 Å². The van der Waals surface area contributed by atoms with E-state index >= 15 is 0 Å². The SMILES string of the molecule is CCCc1ccc(NC(C)C(=O)NC(C)CC)cc1. The van der Waals surface area contributed by atoms with Crippen LogP contribution in [-0.4, -0.2) is 18.0 Å². The van der Waals surface area contributed by atoms with Crippen LogP contribution in [0.1, 0.15) is 46.1 Å². The van der Waals surface area contributed by atoms with Crippen LogP contribution >= 0.6 is 0 Å². The zero-order chi connectivity index (χ0) is 14.3. The average molecular weight is 262 g/mol. The molecule has 19 heavy (non-hydrogen) atoms. The lowest BCUT2D eigenvalue weighted by molar-refractivity contribution is -0.122. The molecular weight excluding hydrogens is 236 g/mol. The van der Waals surface area contributed by atoms with Gasteiger partial charge in [0.05, 0.1) is 0 Å². The van der Waals surface area contributed by atoms with Crippen molar-refractivity contribution in [2.75, 3.05) is 5.32 Å². The molecule has 0 saturated carbocycles. The molecule has 0 bridgehead atoms. The molecule has 2 N–H and O–H groups in total. The topological polar surface area (TPSA) is 41.1 Å². The summed E-state index contributed by atoms with van der Waals surface area (Å²) in [4.78, 5) is 11.9. The Balaban J connectivity index is 2.51. The second-order valence-electron chi connectivity index (χ2n) is 5.13. The fourth-order valence-electron chi connectivity index (χ4n) is 1.84. The third-order valence-electron chi connectivity index (χ3n) is 3.27. The van der Waals surface area contributed by atoms with Crippen molar-refractivity contribution < 1.29 is 4.79 Å². The minimum atomic E-state index is -0.217. The second kappa shape index (κ2) is 7.82. The normalized spacial score (nSPS) is 13.7. The largest absolute Gasteiger partial charge is 0.374 e. The summed E-state index contributed by atoms with van der Waals surface area (Å²) in [7, 11) is 0. The number of benzene rings is 1. The van der Waals surface area contributed by atoms with Crippen LogP contribution in [0, 0.1) is 0 Å². The van der Waals surface area contributed by atoms with Gasteiger partial charge in [0, 0.05) is 11.7 Å². The molecule has 3 nitrogen and oxygen atoms in total. The molecule has 3 heteroatoms. The molecule has 2 unspecified atom stereocenters. The molecule has 1 aromatic carbocycles. The number of hydrogen-bond acceptors (Lipinski definition) is 2. The lowest BCUT2D eigenvalue weighted by Crippen LogP contribution is -2.41. The van der Waals surface area contributed by atoms with Crippen molar-refractivity contribution in [3.05, 3.63) is 29.8 Å². The van der Waals surface area contributed by atoms with Gasteiger partial charge in [-0.15, -0.1) is 0 Å². The fourth-order valence-corrected chi connectivity index (χ4v) is 1.84. The summed E-state index contributed by atoms with van der Waals surface area (Å²) in [5, 5.41) is 6.21. The van der Waals surface area contributed by atoms with Crippen LogP contribution in [0.15, 0.2) is 24.3 Å². The van der Waals surface area contributed by atoms with Crippen LogP contribution in [0.4, 0.5) is 5.69 Å². The van der Waals surface area contributed by atoms with E-state index in [-0.39, 0.29) is 18.0 Å². The van der Waals surface area contributed by atoms with Crippen LogP contribution in [0.25, 0.3) is 0 Å². The minimum Gasteiger partial charge on any atom is -0.374 e. The Hall–Kier alpha value is -1.51. The van der Waals surface area contributed by atoms with Gasteiger partial charge in [-0.1, -0.05) is 32.4 Å². The van der Waals surface area contributed by atoms with Gasteiger partial charge in [-0.3, -0.25) is 4.79 Å². The number of carbonyl (C=O) groups is 1. The number of nitrogens with one attached hydrogen (secondary N) is 2. The molecule has 0 saturated heterocycles. The van der Waals surface area contributed by atoms with Gasteiger partial charge < -0.3 is 10.6 Å². The Kier molecular flexibility index (Phi) is 6.40. The molecule has 0 fully saturated rings. The van der Waals surface area contributed by atoms with E-state index in [2.05, 4.69) is 36.6 Å². The van der Waals surface area contributed by atoms with E-state index in [9.17, 15) is 4.79 Å². The molecule has 0 aliphatic heterocycles. The molecule has 0 aromatic heterocycles. The minimum absolute atomic E-state index is 0.0481. The van der Waals surface area contributed by atoms with Gasteiger partial charge in [-0.05, 0) is 44.4 Å². The van der Waals surface area contributed by atoms with E-state index in [1.165, 1.54) is 5.56 Å². The maximum Gasteiger partial charge on any atom is 0.242 e. The molecule has 0 radical (unpaired) electrons. The number of amides is 1. The Morgan fingerprint density at radius 3 is 2.32 bits per heavy atom. The Bertz CT molecular complexity index is 386. The molecule has 1 rings (SSSR count). The molecule has 0 aliphatic carbocycles. The van der Waals surface area contributed by atoms with Crippen LogP contribution in [-0.2, 0) is 11.2 Å². The van der Waals surface area contributed by atoms with Gasteiger partial charge in [0.25, 0.3) is 0 Å². The standard InChI is InChI=1S/C16H26N2O/c1-5-7-14-8-10-15(11-9-14)18-13(4)16(19)17-12(3)6-2/h8-13,18H,5-7H2,1-4H3,(H,17,19). The first-order chi connectivity index (χ1) is 9.06. The van der Waals surface area contributed by atoms with Crippen molar-refractivity contribution in [2.24, 2.45) is 0 Å². The monoisotopic (exact) mass is 262 g/mol. The number of anilines is 1. The van der Waals surface area contributed by atoms with Gasteiger partial charge in [0.2, 0.25) is 5.91 Å². The van der Waals surface area contributed by atoms with Crippen molar-refractivity contribution in [3.63, 3.8) is 0 Å². The Morgan fingerprint density at radius 2 is 1.79 bits per heavy atom. The summed E-state index contributed by atoms with van der Waals surface area (Å²) < 4.78 is 0. The van der Waals surface area contributed by atoms with Crippen molar-refractivity contribution >= 4 is 11.6 Å². The smallest absolute Gasteiger partial charge is 0.242 e. The van der Waals surface area contributed by atoms with E-state index < -0.39 is 0 Å². The lowest BCUT2D eigenvalue weighted by atomic mass is 10.1. The van der Waals surface area contributed by atoms with E-state index in [4.69, 9.17) is 0 Å². The number of rotatable bonds is 7. The van der Waals surface area contributed by atoms with E-state index in [0.717, 1.165) is 24.9 Å². The first-order valence-electron chi connectivity index (χ1n) is 7.22. The highest BCUT2D eigenvalue weighted by molar-refractivity contribution is 5.84. The Morgan fingerprint density at radius 1 is 1.16 bits per heavy atom. The highest BCUT2D eigenvalue weighted by atomic mass is 16.2. The molecule has 0 aliphatic rings. The van der Waals surface area contributed by atoms with Gasteiger partial charge in [-0.2, -0.15) is 0 Å².